The van der Waals surface area contributed by atoms with E-state index in [2.05, 4.69) is 15.6 Å². The number of ether oxygens (including phenoxy) is 3. The van der Waals surface area contributed by atoms with Crippen molar-refractivity contribution in [1.29, 1.82) is 0 Å². The minimum Gasteiger partial charge on any atom is -0.444 e. The van der Waals surface area contributed by atoms with Crippen LogP contribution in [0.1, 0.15) is 79.1 Å². The van der Waals surface area contributed by atoms with E-state index in [0.29, 0.717) is 51.4 Å². The summed E-state index contributed by atoms with van der Waals surface area (Å²) in [6, 6.07) is 9.95. The van der Waals surface area contributed by atoms with E-state index in [9.17, 15) is 18.8 Å². The molecule has 0 radical (unpaired) electrons. The number of nitrogens with zero attached hydrogens (tertiary/aromatic N) is 3. The maximum atomic E-state index is 13.8. The quantitative estimate of drug-likeness (QED) is 0.267. The van der Waals surface area contributed by atoms with Gasteiger partial charge >= 0.3 is 18.3 Å². The minimum atomic E-state index is -0.676. The lowest BCUT2D eigenvalue weighted by Crippen LogP contribution is -2.45. The first-order valence-corrected chi connectivity index (χ1v) is 16.6. The lowest BCUT2D eigenvalue weighted by atomic mass is 9.97. The number of anilines is 1. The first-order chi connectivity index (χ1) is 22.2. The molecule has 2 atom stereocenters. The lowest BCUT2D eigenvalue weighted by molar-refractivity contribution is 0.0251. The van der Waals surface area contributed by atoms with Gasteiger partial charge in [0.2, 0.25) is 0 Å². The predicted octanol–water partition coefficient (Wildman–Crippen LogP) is 6.72. The molecule has 11 nitrogen and oxygen atoms in total. The van der Waals surface area contributed by atoms with Crippen LogP contribution in [-0.2, 0) is 27.1 Å². The van der Waals surface area contributed by atoms with Gasteiger partial charge in [-0.2, -0.15) is 0 Å². The number of hydrogen-bond donors (Lipinski definition) is 2. The number of halogens is 1. The van der Waals surface area contributed by atoms with Crippen molar-refractivity contribution in [3.8, 4) is 0 Å². The van der Waals surface area contributed by atoms with Gasteiger partial charge < -0.3 is 29.3 Å². The van der Waals surface area contributed by atoms with Crippen molar-refractivity contribution in [2.45, 2.75) is 105 Å². The molecular formula is C36H54FN5O6. The maximum absolute atomic E-state index is 13.8. The van der Waals surface area contributed by atoms with E-state index in [1.54, 1.807) is 42.7 Å². The standard InChI is InChI=1S/C36H54FN5O6/c1-24-18-28(39-30(19-24)40-31(43)46-34(2,3)4)21-26-22-42(33(45)48-36(8,9)10)23-29(26)38-15-17-41(32(44)47-35(5,6)7)16-14-25-12-11-13-27(37)20-25/h11-13,18-20,26,29,38H,14-17,21-23H2,1-10H3,(H,39,40,43)/t26-,29-/m1/s1. The molecule has 48 heavy (non-hydrogen) atoms. The smallest absolute Gasteiger partial charge is 0.413 e. The largest absolute Gasteiger partial charge is 0.444 e. The molecule has 0 unspecified atom stereocenters. The Hall–Kier alpha value is -3.93. The van der Waals surface area contributed by atoms with Gasteiger partial charge in [0.05, 0.1) is 0 Å². The second-order valence-corrected chi connectivity index (χ2v) is 15.4. The molecular weight excluding hydrogens is 617 g/mol. The summed E-state index contributed by atoms with van der Waals surface area (Å²) in [7, 11) is 0. The molecule has 12 heteroatoms. The number of aromatic nitrogens is 1. The molecule has 2 aromatic rings. The number of amides is 3. The molecule has 0 saturated carbocycles. The molecule has 1 fully saturated rings. The Morgan fingerprint density at radius 3 is 2.21 bits per heavy atom. The van der Waals surface area contributed by atoms with Crippen molar-refractivity contribution in [3.05, 3.63) is 59.0 Å². The highest BCUT2D eigenvalue weighted by Crippen LogP contribution is 2.25. The third kappa shape index (κ3) is 13.7. The zero-order chi connectivity index (χ0) is 35.9. The van der Waals surface area contributed by atoms with Gasteiger partial charge in [-0.1, -0.05) is 12.1 Å². The molecule has 2 heterocycles. The number of carbonyl (C=O) groups is 3. The molecule has 3 amide bonds. The van der Waals surface area contributed by atoms with Gasteiger partial charge in [-0.3, -0.25) is 5.32 Å². The van der Waals surface area contributed by atoms with Crippen molar-refractivity contribution < 1.29 is 33.0 Å². The van der Waals surface area contributed by atoms with Gasteiger partial charge in [0.1, 0.15) is 28.4 Å². The molecule has 0 bridgehead atoms. The Morgan fingerprint density at radius 2 is 1.58 bits per heavy atom. The number of likely N-dealkylation sites (tertiary alicyclic amines) is 1. The summed E-state index contributed by atoms with van der Waals surface area (Å²) in [4.78, 5) is 46.7. The molecule has 2 N–H and O–H groups in total. The van der Waals surface area contributed by atoms with Gasteiger partial charge in [-0.25, -0.2) is 23.8 Å². The van der Waals surface area contributed by atoms with Crippen LogP contribution in [0.2, 0.25) is 0 Å². The molecule has 1 aliphatic heterocycles. The van der Waals surface area contributed by atoms with E-state index >= 15 is 0 Å². The number of aryl methyl sites for hydroxylation is 1. The number of rotatable bonds is 10. The Bertz CT molecular complexity index is 1410. The molecule has 266 valence electrons. The molecule has 1 saturated heterocycles. The van der Waals surface area contributed by atoms with Gasteiger partial charge in [0.25, 0.3) is 0 Å². The van der Waals surface area contributed by atoms with Crippen LogP contribution in [0.5, 0.6) is 0 Å². The third-order valence-electron chi connectivity index (χ3n) is 7.22. The Balaban J connectivity index is 1.75. The van der Waals surface area contributed by atoms with E-state index < -0.39 is 35.1 Å². The molecule has 0 aliphatic carbocycles. The van der Waals surface area contributed by atoms with Crippen LogP contribution in [0.15, 0.2) is 36.4 Å². The lowest BCUT2D eigenvalue weighted by Gasteiger charge is -2.28. The van der Waals surface area contributed by atoms with E-state index in [0.717, 1.165) is 16.8 Å². The maximum Gasteiger partial charge on any atom is 0.413 e. The molecule has 1 aromatic heterocycles. The van der Waals surface area contributed by atoms with Crippen molar-refractivity contribution in [3.63, 3.8) is 0 Å². The number of carbonyl (C=O) groups excluding carboxylic acids is 3. The molecule has 3 rings (SSSR count). The van der Waals surface area contributed by atoms with E-state index in [4.69, 9.17) is 14.2 Å². The number of nitrogens with one attached hydrogen (secondary N) is 2. The monoisotopic (exact) mass is 671 g/mol. The number of benzene rings is 1. The Labute approximate surface area is 284 Å². The van der Waals surface area contributed by atoms with E-state index in [1.165, 1.54) is 12.1 Å². The zero-order valence-electron chi connectivity index (χ0n) is 30.2. The summed E-state index contributed by atoms with van der Waals surface area (Å²) in [5, 5.41) is 6.29. The minimum absolute atomic E-state index is 0.0385. The van der Waals surface area contributed by atoms with Crippen LogP contribution >= 0.6 is 0 Å². The van der Waals surface area contributed by atoms with Crippen LogP contribution in [0, 0.1) is 18.7 Å². The number of pyridine rings is 1. The summed E-state index contributed by atoms with van der Waals surface area (Å²) in [6.07, 6.45) is -0.444. The van der Waals surface area contributed by atoms with Crippen molar-refractivity contribution in [2.75, 3.05) is 38.0 Å². The van der Waals surface area contributed by atoms with Gasteiger partial charge in [0.15, 0.2) is 0 Å². The second-order valence-electron chi connectivity index (χ2n) is 15.4. The summed E-state index contributed by atoms with van der Waals surface area (Å²) >= 11 is 0. The topological polar surface area (TPSA) is 122 Å². The molecule has 0 spiro atoms. The number of hydrogen-bond acceptors (Lipinski definition) is 8. The third-order valence-corrected chi connectivity index (χ3v) is 7.22. The van der Waals surface area contributed by atoms with Crippen LogP contribution in [0.4, 0.5) is 24.6 Å². The van der Waals surface area contributed by atoms with Crippen LogP contribution in [0.25, 0.3) is 0 Å². The fourth-order valence-corrected chi connectivity index (χ4v) is 5.33. The SMILES string of the molecule is Cc1cc(C[C@@H]2CN(C(=O)OC(C)(C)C)C[C@H]2NCCN(CCc2cccc(F)c2)C(=O)OC(C)(C)C)nc(NC(=O)OC(C)(C)C)c1. The fraction of sp³-hybridized carbons (Fsp3) is 0.611. The fourth-order valence-electron chi connectivity index (χ4n) is 5.33. The van der Waals surface area contributed by atoms with Crippen molar-refractivity contribution in [2.24, 2.45) is 5.92 Å². The van der Waals surface area contributed by atoms with Crippen molar-refractivity contribution in [1.82, 2.24) is 20.1 Å². The summed E-state index contributed by atoms with van der Waals surface area (Å²) < 4.78 is 30.5. The predicted molar refractivity (Wildman–Crippen MR) is 184 cm³/mol. The first kappa shape index (κ1) is 38.5. The highest BCUT2D eigenvalue weighted by molar-refractivity contribution is 5.83. The van der Waals surface area contributed by atoms with Crippen LogP contribution in [0.3, 0.4) is 0 Å². The van der Waals surface area contributed by atoms with Gasteiger partial charge in [-0.15, -0.1) is 0 Å². The molecule has 1 aromatic carbocycles. The summed E-state index contributed by atoms with van der Waals surface area (Å²) in [6.45, 7) is 20.2. The summed E-state index contributed by atoms with van der Waals surface area (Å²) in [5.41, 5.74) is 0.492. The van der Waals surface area contributed by atoms with Crippen LogP contribution < -0.4 is 10.6 Å². The average molecular weight is 672 g/mol. The first-order valence-electron chi connectivity index (χ1n) is 16.6. The normalized spacial score (nSPS) is 16.8. The Morgan fingerprint density at radius 1 is 0.917 bits per heavy atom. The van der Waals surface area contributed by atoms with Crippen molar-refractivity contribution >= 4 is 24.1 Å². The van der Waals surface area contributed by atoms with Gasteiger partial charge in [0, 0.05) is 44.5 Å². The highest BCUT2D eigenvalue weighted by Gasteiger charge is 2.37. The Kier molecular flexibility index (Phi) is 12.8. The van der Waals surface area contributed by atoms with E-state index in [1.807, 2.05) is 60.6 Å². The molecule has 1 aliphatic rings. The summed E-state index contributed by atoms with van der Waals surface area (Å²) in [5.74, 6) is 0.0242. The van der Waals surface area contributed by atoms with Gasteiger partial charge in [-0.05, 0) is 123 Å². The van der Waals surface area contributed by atoms with Crippen LogP contribution in [-0.4, -0.2) is 88.6 Å². The zero-order valence-corrected chi connectivity index (χ0v) is 30.2. The average Bonchev–Trinajstić information content (AvgIpc) is 3.29. The van der Waals surface area contributed by atoms with E-state index in [-0.39, 0.29) is 17.8 Å². The highest BCUT2D eigenvalue weighted by atomic mass is 19.1. The second kappa shape index (κ2) is 16.0.